The Morgan fingerprint density at radius 2 is 1.34 bits per heavy atom. The molecule has 4 aliphatic heterocycles. The second-order valence-corrected chi connectivity index (χ2v) is 12.4. The van der Waals surface area contributed by atoms with Crippen LogP contribution in [0.25, 0.3) is 0 Å². The Bertz CT molecular complexity index is 976. The lowest BCUT2D eigenvalue weighted by molar-refractivity contribution is -0.165. The van der Waals surface area contributed by atoms with Crippen molar-refractivity contribution in [3.63, 3.8) is 0 Å². The predicted molar refractivity (Wildman–Crippen MR) is 151 cm³/mol. The number of rotatable bonds is 6. The number of nitrogens with one attached hydrogen (secondary N) is 1. The molecular weight excluding hydrogens is 530 g/mol. The molecule has 0 bridgehead atoms. The van der Waals surface area contributed by atoms with Crippen LogP contribution in [-0.2, 0) is 14.3 Å². The Hall–Kier alpha value is -3.09. The number of nitrogens with two attached hydrogens (primary N) is 1. The summed E-state index contributed by atoms with van der Waals surface area (Å²) in [7, 11) is 0. The molecule has 4 saturated heterocycles. The van der Waals surface area contributed by atoms with E-state index < -0.39 is 30.1 Å². The van der Waals surface area contributed by atoms with Gasteiger partial charge in [0.05, 0.1) is 5.92 Å². The largest absolute Gasteiger partial charge is 0.446 e. The molecule has 3 N–H and O–H groups in total. The molecule has 0 radical (unpaired) electrons. The monoisotopic (exact) mass is 577 g/mol. The van der Waals surface area contributed by atoms with Crippen molar-refractivity contribution >= 4 is 30.0 Å². The van der Waals surface area contributed by atoms with E-state index in [4.69, 9.17) is 10.5 Å². The van der Waals surface area contributed by atoms with Crippen LogP contribution in [0.4, 0.5) is 14.4 Å². The molecule has 230 valence electrons. The summed E-state index contributed by atoms with van der Waals surface area (Å²) >= 11 is 0. The number of likely N-dealkylation sites (tertiary alicyclic amines) is 1. The quantitative estimate of drug-likeness (QED) is 0.447. The summed E-state index contributed by atoms with van der Waals surface area (Å²) in [6.07, 6.45) is 1.85. The number of carbonyl (C=O) groups is 5. The molecule has 2 atom stereocenters. The number of urea groups is 2. The maximum Gasteiger partial charge on any atom is 0.410 e. The highest BCUT2D eigenvalue weighted by atomic mass is 16.6. The zero-order chi connectivity index (χ0) is 29.8. The third kappa shape index (κ3) is 6.87. The lowest BCUT2D eigenvalue weighted by Gasteiger charge is -2.50. The van der Waals surface area contributed by atoms with Gasteiger partial charge in [0.15, 0.2) is 0 Å². The van der Waals surface area contributed by atoms with Crippen LogP contribution in [0.1, 0.15) is 47.0 Å². The van der Waals surface area contributed by atoms with E-state index >= 15 is 0 Å². The van der Waals surface area contributed by atoms with Crippen LogP contribution in [-0.4, -0.2) is 132 Å². The van der Waals surface area contributed by atoms with Crippen LogP contribution in [0.2, 0.25) is 0 Å². The Morgan fingerprint density at radius 3 is 1.88 bits per heavy atom. The average molecular weight is 578 g/mol. The Labute approximate surface area is 242 Å². The van der Waals surface area contributed by atoms with Crippen molar-refractivity contribution in [1.82, 2.24) is 29.8 Å². The van der Waals surface area contributed by atoms with E-state index in [0.717, 1.165) is 30.8 Å². The van der Waals surface area contributed by atoms with Crippen LogP contribution < -0.4 is 11.1 Å². The number of β-lactam (4-membered cyclic amide) rings is 1. The fraction of sp³-hybridized carbons (Fsp3) is 0.821. The van der Waals surface area contributed by atoms with Crippen molar-refractivity contribution in [2.24, 2.45) is 29.4 Å². The van der Waals surface area contributed by atoms with Gasteiger partial charge in [-0.2, -0.15) is 0 Å². The number of piperazine rings is 2. The number of carbonyl (C=O) groups excluding carboxylic acids is 5. The van der Waals surface area contributed by atoms with Crippen LogP contribution in [0.5, 0.6) is 0 Å². The summed E-state index contributed by atoms with van der Waals surface area (Å²) in [6, 6.07) is -1.87. The molecule has 0 aromatic carbocycles. The molecule has 4 rings (SSSR count). The molecule has 4 heterocycles. The van der Waals surface area contributed by atoms with Crippen molar-refractivity contribution in [3.05, 3.63) is 0 Å². The van der Waals surface area contributed by atoms with Gasteiger partial charge in [0.2, 0.25) is 11.8 Å². The number of imide groups is 1. The third-order valence-electron chi connectivity index (χ3n) is 8.98. The summed E-state index contributed by atoms with van der Waals surface area (Å²) in [4.78, 5) is 72.6. The normalized spacial score (nSPS) is 24.3. The number of hydrogen-bond donors (Lipinski definition) is 2. The van der Waals surface area contributed by atoms with Crippen LogP contribution >= 0.6 is 0 Å². The molecule has 13 heteroatoms. The van der Waals surface area contributed by atoms with Crippen LogP contribution in [0.3, 0.4) is 0 Å². The van der Waals surface area contributed by atoms with Gasteiger partial charge in [-0.25, -0.2) is 14.4 Å². The lowest BCUT2D eigenvalue weighted by atomic mass is 9.77. The number of ether oxygens (including phenoxy) is 1. The maximum absolute atomic E-state index is 13.8. The van der Waals surface area contributed by atoms with Gasteiger partial charge in [-0.05, 0) is 50.1 Å². The van der Waals surface area contributed by atoms with E-state index in [1.807, 2.05) is 27.7 Å². The molecule has 0 unspecified atom stereocenters. The highest BCUT2D eigenvalue weighted by molar-refractivity contribution is 6.09. The number of amides is 7. The van der Waals surface area contributed by atoms with Crippen molar-refractivity contribution in [3.8, 4) is 0 Å². The van der Waals surface area contributed by atoms with Crippen molar-refractivity contribution in [2.75, 3.05) is 65.4 Å². The first-order valence-electron chi connectivity index (χ1n) is 15.1. The fourth-order valence-electron chi connectivity index (χ4n) is 6.55. The molecular formula is C28H47N7O6. The highest BCUT2D eigenvalue weighted by Gasteiger charge is 2.57. The van der Waals surface area contributed by atoms with Gasteiger partial charge in [-0.15, -0.1) is 0 Å². The molecule has 4 aliphatic rings. The molecule has 7 amide bonds. The third-order valence-corrected chi connectivity index (χ3v) is 8.98. The van der Waals surface area contributed by atoms with Gasteiger partial charge >= 0.3 is 18.2 Å². The van der Waals surface area contributed by atoms with Gasteiger partial charge in [0.1, 0.15) is 12.1 Å². The van der Waals surface area contributed by atoms with Crippen LogP contribution in [0, 0.1) is 23.7 Å². The molecule has 0 aliphatic carbocycles. The molecule has 0 aromatic rings. The Balaban J connectivity index is 1.40. The highest BCUT2D eigenvalue weighted by Crippen LogP contribution is 2.37. The van der Waals surface area contributed by atoms with E-state index in [1.54, 1.807) is 14.7 Å². The fourth-order valence-corrected chi connectivity index (χ4v) is 6.55. The Kier molecular flexibility index (Phi) is 9.98. The van der Waals surface area contributed by atoms with Gasteiger partial charge in [-0.1, -0.05) is 27.7 Å². The molecule has 0 aromatic heterocycles. The maximum atomic E-state index is 13.8. The zero-order valence-corrected chi connectivity index (χ0v) is 24.9. The van der Waals surface area contributed by atoms with E-state index in [0.29, 0.717) is 51.6 Å². The zero-order valence-electron chi connectivity index (χ0n) is 24.9. The van der Waals surface area contributed by atoms with E-state index in [2.05, 4.69) is 5.32 Å². The number of nitrogens with zero attached hydrogens (tertiary/aromatic N) is 5. The van der Waals surface area contributed by atoms with Crippen molar-refractivity contribution in [2.45, 2.75) is 59.1 Å². The van der Waals surface area contributed by atoms with Gasteiger partial charge in [0.25, 0.3) is 0 Å². The molecule has 4 fully saturated rings. The number of piperidine rings is 1. The first-order valence-corrected chi connectivity index (χ1v) is 15.1. The van der Waals surface area contributed by atoms with Gasteiger partial charge in [0, 0.05) is 52.4 Å². The Morgan fingerprint density at radius 1 is 0.829 bits per heavy atom. The number of primary amides is 1. The second kappa shape index (κ2) is 13.3. The summed E-state index contributed by atoms with van der Waals surface area (Å²) in [5, 5.41) is 3.33. The molecule has 13 nitrogen and oxygen atoms in total. The molecule has 41 heavy (non-hydrogen) atoms. The SMILES string of the molecule is CC(C)C(OC(=O)N1CCN(C(=O)N2C(=O)[C@H](CC3CCNCC3)[C@H]2C(=O)N2CCN(C(N)=O)CC2)CC1)C(C)C. The summed E-state index contributed by atoms with van der Waals surface area (Å²) in [5.74, 6) is -0.406. The average Bonchev–Trinajstić information content (AvgIpc) is 2.96. The first-order chi connectivity index (χ1) is 19.5. The minimum Gasteiger partial charge on any atom is -0.446 e. The predicted octanol–water partition coefficient (Wildman–Crippen LogP) is 0.981. The van der Waals surface area contributed by atoms with Crippen LogP contribution in [0.15, 0.2) is 0 Å². The van der Waals surface area contributed by atoms with Gasteiger partial charge in [-0.3, -0.25) is 14.5 Å². The smallest absolute Gasteiger partial charge is 0.410 e. The summed E-state index contributed by atoms with van der Waals surface area (Å²) < 4.78 is 5.76. The first kappa shape index (κ1) is 30.9. The minimum atomic E-state index is -0.856. The second-order valence-electron chi connectivity index (χ2n) is 12.4. The van der Waals surface area contributed by atoms with E-state index in [9.17, 15) is 24.0 Å². The number of hydrogen-bond acceptors (Lipinski definition) is 7. The topological polar surface area (TPSA) is 149 Å². The van der Waals surface area contributed by atoms with Crippen molar-refractivity contribution < 1.29 is 28.7 Å². The van der Waals surface area contributed by atoms with E-state index in [1.165, 1.54) is 4.90 Å². The van der Waals surface area contributed by atoms with Gasteiger partial charge < -0.3 is 35.4 Å². The lowest BCUT2D eigenvalue weighted by Crippen LogP contribution is -2.72. The van der Waals surface area contributed by atoms with Crippen molar-refractivity contribution in [1.29, 1.82) is 0 Å². The standard InChI is InChI=1S/C28H47N7O6/c1-18(2)23(19(3)4)41-28(40)34-15-13-33(14-16-34)27(39)35-22(21(24(35)36)17-20-5-7-30-8-6-20)25(37)31-9-11-32(12-10-31)26(29)38/h18-23,30H,5-17H2,1-4H3,(H2,29,38)/t21-,22+/m1/s1. The molecule has 0 spiro atoms. The molecule has 0 saturated carbocycles. The minimum absolute atomic E-state index is 0.185. The summed E-state index contributed by atoms with van der Waals surface area (Å²) in [6.45, 7) is 12.2. The summed E-state index contributed by atoms with van der Waals surface area (Å²) in [5.41, 5.74) is 5.40. The van der Waals surface area contributed by atoms with E-state index in [-0.39, 0.29) is 42.8 Å².